The Labute approximate surface area is 94.5 Å². The van der Waals surface area contributed by atoms with Crippen molar-refractivity contribution in [3.8, 4) is 0 Å². The molecule has 0 aromatic carbocycles. The molecule has 0 aromatic heterocycles. The second-order valence-electron chi connectivity index (χ2n) is 3.41. The lowest BCUT2D eigenvalue weighted by Crippen LogP contribution is -2.39. The van der Waals surface area contributed by atoms with Gasteiger partial charge in [0.15, 0.2) is 5.96 Å². The van der Waals surface area contributed by atoms with Crippen LogP contribution >= 0.6 is 0 Å². The first-order chi connectivity index (χ1) is 7.49. The molecule has 6 heteroatoms. The van der Waals surface area contributed by atoms with Gasteiger partial charge in [0.25, 0.3) is 0 Å². The second kappa shape index (κ2) is 8.24. The topological polar surface area (TPSA) is 36.4 Å². The van der Waals surface area contributed by atoms with Gasteiger partial charge in [-0.2, -0.15) is 13.2 Å². The highest BCUT2D eigenvalue weighted by Crippen LogP contribution is 2.17. The van der Waals surface area contributed by atoms with Crippen LogP contribution in [0.5, 0.6) is 0 Å². The zero-order chi connectivity index (χ0) is 12.4. The number of nitrogens with one attached hydrogen (secondary N) is 2. The molecule has 0 atom stereocenters. The minimum atomic E-state index is -4.12. The molecule has 0 aliphatic heterocycles. The van der Waals surface area contributed by atoms with E-state index in [-0.39, 0.29) is 6.54 Å². The first kappa shape index (κ1) is 15.1. The summed E-state index contributed by atoms with van der Waals surface area (Å²) in [5.41, 5.74) is 0. The van der Waals surface area contributed by atoms with Gasteiger partial charge in [-0.1, -0.05) is 13.3 Å². The highest BCUT2D eigenvalue weighted by molar-refractivity contribution is 5.79. The van der Waals surface area contributed by atoms with Gasteiger partial charge in [-0.3, -0.25) is 4.99 Å². The molecule has 0 saturated heterocycles. The van der Waals surface area contributed by atoms with Crippen LogP contribution in [0.15, 0.2) is 4.99 Å². The molecule has 0 bridgehead atoms. The summed E-state index contributed by atoms with van der Waals surface area (Å²) in [6, 6.07) is 0. The van der Waals surface area contributed by atoms with Crippen molar-refractivity contribution in [1.82, 2.24) is 10.6 Å². The van der Waals surface area contributed by atoms with E-state index in [1.807, 2.05) is 13.8 Å². The Bertz CT molecular complexity index is 202. The van der Waals surface area contributed by atoms with Gasteiger partial charge < -0.3 is 10.6 Å². The first-order valence-corrected chi connectivity index (χ1v) is 5.58. The Hall–Kier alpha value is -0.940. The van der Waals surface area contributed by atoms with Crippen molar-refractivity contribution in [2.24, 2.45) is 4.99 Å². The molecule has 0 aliphatic rings. The molecule has 0 fully saturated rings. The standard InChI is InChI=1S/C10H20F3N3/c1-3-5-7-15-9(14-4-2)16-8-6-10(11,12)13/h3-8H2,1-2H3,(H2,14,15,16). The van der Waals surface area contributed by atoms with E-state index in [1.54, 1.807) is 0 Å². The van der Waals surface area contributed by atoms with E-state index >= 15 is 0 Å². The van der Waals surface area contributed by atoms with Crippen molar-refractivity contribution in [1.29, 1.82) is 0 Å². The normalized spacial score (nSPS) is 12.7. The summed E-state index contributed by atoms with van der Waals surface area (Å²) in [4.78, 5) is 4.15. The van der Waals surface area contributed by atoms with Crippen molar-refractivity contribution in [2.45, 2.75) is 39.3 Å². The molecule has 2 N–H and O–H groups in total. The molecule has 96 valence electrons. The summed E-state index contributed by atoms with van der Waals surface area (Å²) in [7, 11) is 0. The fourth-order valence-electron chi connectivity index (χ4n) is 1.01. The van der Waals surface area contributed by atoms with Crippen LogP contribution < -0.4 is 10.6 Å². The third-order valence-electron chi connectivity index (χ3n) is 1.83. The number of guanidine groups is 1. The van der Waals surface area contributed by atoms with Crippen LogP contribution in [-0.4, -0.2) is 31.8 Å². The molecular weight excluding hydrogens is 219 g/mol. The molecule has 3 nitrogen and oxygen atoms in total. The number of alkyl halides is 3. The van der Waals surface area contributed by atoms with Gasteiger partial charge in [-0.25, -0.2) is 0 Å². The van der Waals surface area contributed by atoms with Crippen LogP contribution in [0.2, 0.25) is 0 Å². The zero-order valence-electron chi connectivity index (χ0n) is 9.82. The van der Waals surface area contributed by atoms with Gasteiger partial charge >= 0.3 is 6.18 Å². The predicted molar refractivity (Wildman–Crippen MR) is 59.6 cm³/mol. The maximum atomic E-state index is 11.9. The molecule has 0 saturated carbocycles. The Morgan fingerprint density at radius 2 is 1.88 bits per heavy atom. The molecule has 16 heavy (non-hydrogen) atoms. The summed E-state index contributed by atoms with van der Waals surface area (Å²) in [6.07, 6.45) is -3.00. The quantitative estimate of drug-likeness (QED) is 0.424. The molecule has 0 radical (unpaired) electrons. The lowest BCUT2D eigenvalue weighted by molar-refractivity contribution is -0.132. The molecule has 0 unspecified atom stereocenters. The lowest BCUT2D eigenvalue weighted by atomic mass is 10.3. The zero-order valence-corrected chi connectivity index (χ0v) is 9.82. The molecule has 0 aromatic rings. The number of halogens is 3. The lowest BCUT2D eigenvalue weighted by Gasteiger charge is -2.12. The predicted octanol–water partition coefficient (Wildman–Crippen LogP) is 2.29. The number of unbranched alkanes of at least 4 members (excludes halogenated alkanes) is 1. The molecule has 0 aliphatic carbocycles. The van der Waals surface area contributed by atoms with E-state index in [9.17, 15) is 13.2 Å². The Balaban J connectivity index is 3.88. The summed E-state index contributed by atoms with van der Waals surface area (Å²) < 4.78 is 35.7. The van der Waals surface area contributed by atoms with Crippen LogP contribution in [0, 0.1) is 0 Å². The maximum absolute atomic E-state index is 11.9. The molecule has 0 rings (SSSR count). The van der Waals surface area contributed by atoms with Crippen molar-refractivity contribution in [3.63, 3.8) is 0 Å². The highest BCUT2D eigenvalue weighted by atomic mass is 19.4. The third kappa shape index (κ3) is 9.61. The van der Waals surface area contributed by atoms with Gasteiger partial charge in [-0.05, 0) is 13.3 Å². The fraction of sp³-hybridized carbons (Fsp3) is 0.900. The first-order valence-electron chi connectivity index (χ1n) is 5.58. The minimum Gasteiger partial charge on any atom is -0.357 e. The number of nitrogens with zero attached hydrogens (tertiary/aromatic N) is 1. The van der Waals surface area contributed by atoms with Gasteiger partial charge in [0.05, 0.1) is 6.42 Å². The van der Waals surface area contributed by atoms with E-state index in [0.717, 1.165) is 12.8 Å². The summed E-state index contributed by atoms with van der Waals surface area (Å²) >= 11 is 0. The van der Waals surface area contributed by atoms with E-state index in [1.165, 1.54) is 0 Å². The molecule has 0 heterocycles. The summed E-state index contributed by atoms with van der Waals surface area (Å²) in [5, 5.41) is 5.55. The van der Waals surface area contributed by atoms with Crippen LogP contribution in [0.3, 0.4) is 0 Å². The van der Waals surface area contributed by atoms with Crippen molar-refractivity contribution >= 4 is 5.96 Å². The molecular formula is C10H20F3N3. The summed E-state index contributed by atoms with van der Waals surface area (Å²) in [5.74, 6) is 0.459. The number of hydrogen-bond acceptors (Lipinski definition) is 1. The maximum Gasteiger partial charge on any atom is 0.390 e. The number of hydrogen-bond donors (Lipinski definition) is 2. The van der Waals surface area contributed by atoms with Gasteiger partial charge in [0, 0.05) is 19.6 Å². The Morgan fingerprint density at radius 1 is 1.19 bits per heavy atom. The average Bonchev–Trinajstić information content (AvgIpc) is 2.16. The summed E-state index contributed by atoms with van der Waals surface area (Å²) in [6.45, 7) is 5.06. The number of aliphatic imine (C=N–C) groups is 1. The van der Waals surface area contributed by atoms with Gasteiger partial charge in [0.1, 0.15) is 0 Å². The largest absolute Gasteiger partial charge is 0.390 e. The van der Waals surface area contributed by atoms with Crippen LogP contribution in [-0.2, 0) is 0 Å². The number of rotatable bonds is 6. The SMILES string of the molecule is CCCCN=C(NCC)NCCC(F)(F)F. The van der Waals surface area contributed by atoms with Gasteiger partial charge in [0.2, 0.25) is 0 Å². The second-order valence-corrected chi connectivity index (χ2v) is 3.41. The van der Waals surface area contributed by atoms with Gasteiger partial charge in [-0.15, -0.1) is 0 Å². The van der Waals surface area contributed by atoms with E-state index in [2.05, 4.69) is 15.6 Å². The monoisotopic (exact) mass is 239 g/mol. The third-order valence-corrected chi connectivity index (χ3v) is 1.83. The van der Waals surface area contributed by atoms with Crippen molar-refractivity contribution in [3.05, 3.63) is 0 Å². The van der Waals surface area contributed by atoms with E-state index in [4.69, 9.17) is 0 Å². The molecule has 0 amide bonds. The van der Waals surface area contributed by atoms with Crippen LogP contribution in [0.1, 0.15) is 33.1 Å². The van der Waals surface area contributed by atoms with E-state index in [0.29, 0.717) is 19.0 Å². The smallest absolute Gasteiger partial charge is 0.357 e. The van der Waals surface area contributed by atoms with Crippen molar-refractivity contribution < 1.29 is 13.2 Å². The average molecular weight is 239 g/mol. The molecule has 0 spiro atoms. The Kier molecular flexibility index (Phi) is 7.76. The Morgan fingerprint density at radius 3 is 2.38 bits per heavy atom. The van der Waals surface area contributed by atoms with E-state index < -0.39 is 12.6 Å². The van der Waals surface area contributed by atoms with Crippen molar-refractivity contribution in [2.75, 3.05) is 19.6 Å². The van der Waals surface area contributed by atoms with Crippen LogP contribution in [0.4, 0.5) is 13.2 Å². The van der Waals surface area contributed by atoms with Crippen LogP contribution in [0.25, 0.3) is 0 Å². The minimum absolute atomic E-state index is 0.137. The highest BCUT2D eigenvalue weighted by Gasteiger charge is 2.26. The fourth-order valence-corrected chi connectivity index (χ4v) is 1.01.